The third-order valence-corrected chi connectivity index (χ3v) is 4.11. The number of aromatic amines is 1. The van der Waals surface area contributed by atoms with Gasteiger partial charge in [-0.05, 0) is 19.1 Å². The number of aromatic nitrogens is 6. The first kappa shape index (κ1) is 17.5. The SMILES string of the molecule is CC(=O)Nn1c([C@H](C)Nc2ncnc3nc[nH]c23)nc2cccc(F)c2c1=O. The van der Waals surface area contributed by atoms with Gasteiger partial charge in [0.2, 0.25) is 5.91 Å². The number of anilines is 1. The zero-order valence-corrected chi connectivity index (χ0v) is 14.9. The first-order valence-corrected chi connectivity index (χ1v) is 8.35. The smallest absolute Gasteiger partial charge is 0.283 e. The van der Waals surface area contributed by atoms with E-state index in [0.717, 1.165) is 4.68 Å². The first-order chi connectivity index (χ1) is 13.5. The molecule has 0 fully saturated rings. The van der Waals surface area contributed by atoms with Crippen LogP contribution in [0.5, 0.6) is 0 Å². The second-order valence-corrected chi connectivity index (χ2v) is 6.10. The number of carbonyl (C=O) groups excluding carboxylic acids is 1. The van der Waals surface area contributed by atoms with E-state index >= 15 is 0 Å². The summed E-state index contributed by atoms with van der Waals surface area (Å²) in [7, 11) is 0. The molecule has 3 heterocycles. The lowest BCUT2D eigenvalue weighted by Gasteiger charge is -2.20. The number of nitrogens with one attached hydrogen (secondary N) is 3. The van der Waals surface area contributed by atoms with Gasteiger partial charge in [-0.25, -0.2) is 29.0 Å². The number of benzene rings is 1. The number of H-pyrrole nitrogens is 1. The van der Waals surface area contributed by atoms with E-state index in [0.29, 0.717) is 17.0 Å². The number of halogens is 1. The summed E-state index contributed by atoms with van der Waals surface area (Å²) >= 11 is 0. The summed E-state index contributed by atoms with van der Waals surface area (Å²) in [5.74, 6) is -0.579. The van der Waals surface area contributed by atoms with Crippen LogP contribution < -0.4 is 16.3 Å². The maximum absolute atomic E-state index is 14.2. The summed E-state index contributed by atoms with van der Waals surface area (Å²) < 4.78 is 15.1. The molecule has 0 spiro atoms. The number of hydrogen-bond acceptors (Lipinski definition) is 7. The number of imidazole rings is 1. The average molecular weight is 382 g/mol. The maximum atomic E-state index is 14.2. The van der Waals surface area contributed by atoms with Gasteiger partial charge in [0.25, 0.3) is 5.56 Å². The van der Waals surface area contributed by atoms with E-state index < -0.39 is 23.3 Å². The van der Waals surface area contributed by atoms with Gasteiger partial charge in [0, 0.05) is 6.92 Å². The molecule has 0 aliphatic carbocycles. The lowest BCUT2D eigenvalue weighted by molar-refractivity contribution is -0.115. The van der Waals surface area contributed by atoms with Gasteiger partial charge in [-0.15, -0.1) is 0 Å². The topological polar surface area (TPSA) is 130 Å². The van der Waals surface area contributed by atoms with Crippen LogP contribution in [-0.4, -0.2) is 35.5 Å². The van der Waals surface area contributed by atoms with Gasteiger partial charge in [0.05, 0.1) is 17.9 Å². The van der Waals surface area contributed by atoms with Crippen molar-refractivity contribution in [2.24, 2.45) is 0 Å². The largest absolute Gasteiger partial charge is 0.358 e. The molecule has 0 aliphatic rings. The van der Waals surface area contributed by atoms with Crippen LogP contribution in [0.4, 0.5) is 10.2 Å². The molecule has 3 N–H and O–H groups in total. The highest BCUT2D eigenvalue weighted by molar-refractivity contribution is 5.83. The minimum Gasteiger partial charge on any atom is -0.358 e. The van der Waals surface area contributed by atoms with Crippen molar-refractivity contribution in [2.45, 2.75) is 19.9 Å². The van der Waals surface area contributed by atoms with Crippen LogP contribution in [0.15, 0.2) is 35.6 Å². The molecule has 0 aliphatic heterocycles. The molecule has 4 aromatic rings. The molecule has 1 atom stereocenters. The van der Waals surface area contributed by atoms with Crippen LogP contribution in [0.3, 0.4) is 0 Å². The summed E-state index contributed by atoms with van der Waals surface area (Å²) in [5, 5.41) is 2.91. The fourth-order valence-electron chi connectivity index (χ4n) is 2.91. The summed E-state index contributed by atoms with van der Waals surface area (Å²) in [6.07, 6.45) is 2.84. The fourth-order valence-corrected chi connectivity index (χ4v) is 2.91. The van der Waals surface area contributed by atoms with E-state index in [-0.39, 0.29) is 16.7 Å². The zero-order chi connectivity index (χ0) is 19.8. The Morgan fingerprint density at radius 2 is 2.11 bits per heavy atom. The number of amides is 1. The highest BCUT2D eigenvalue weighted by Crippen LogP contribution is 2.22. The van der Waals surface area contributed by atoms with Crippen molar-refractivity contribution >= 4 is 33.8 Å². The third kappa shape index (κ3) is 2.92. The van der Waals surface area contributed by atoms with Crippen molar-refractivity contribution in [2.75, 3.05) is 10.7 Å². The molecular weight excluding hydrogens is 367 g/mol. The lowest BCUT2D eigenvalue weighted by Crippen LogP contribution is -2.37. The zero-order valence-electron chi connectivity index (χ0n) is 14.9. The number of nitrogens with zero attached hydrogens (tertiary/aromatic N) is 5. The number of rotatable bonds is 4. The highest BCUT2D eigenvalue weighted by Gasteiger charge is 2.20. The van der Waals surface area contributed by atoms with E-state index in [1.165, 1.54) is 37.8 Å². The van der Waals surface area contributed by atoms with E-state index in [1.54, 1.807) is 6.92 Å². The molecular formula is C17H15FN8O2. The van der Waals surface area contributed by atoms with Gasteiger partial charge in [-0.3, -0.25) is 15.0 Å². The van der Waals surface area contributed by atoms with E-state index in [2.05, 4.69) is 35.7 Å². The van der Waals surface area contributed by atoms with Gasteiger partial charge in [0.1, 0.15) is 23.0 Å². The molecule has 0 unspecified atom stereocenters. The van der Waals surface area contributed by atoms with Gasteiger partial charge in [-0.2, -0.15) is 0 Å². The Balaban J connectivity index is 1.85. The second-order valence-electron chi connectivity index (χ2n) is 6.10. The van der Waals surface area contributed by atoms with E-state index in [9.17, 15) is 14.0 Å². The van der Waals surface area contributed by atoms with Crippen molar-refractivity contribution < 1.29 is 9.18 Å². The van der Waals surface area contributed by atoms with Crippen LogP contribution >= 0.6 is 0 Å². The third-order valence-electron chi connectivity index (χ3n) is 4.11. The number of hydrogen-bond donors (Lipinski definition) is 3. The molecule has 0 bridgehead atoms. The second kappa shape index (κ2) is 6.68. The van der Waals surface area contributed by atoms with E-state index in [4.69, 9.17) is 0 Å². The monoisotopic (exact) mass is 382 g/mol. The van der Waals surface area contributed by atoms with Crippen LogP contribution in [0.1, 0.15) is 25.7 Å². The molecule has 28 heavy (non-hydrogen) atoms. The van der Waals surface area contributed by atoms with Crippen LogP contribution in [0.25, 0.3) is 22.1 Å². The Labute approximate surface area is 156 Å². The number of fused-ring (bicyclic) bond motifs is 2. The van der Waals surface area contributed by atoms with Crippen molar-refractivity contribution in [1.82, 2.24) is 29.6 Å². The van der Waals surface area contributed by atoms with Crippen molar-refractivity contribution in [3.63, 3.8) is 0 Å². The van der Waals surface area contributed by atoms with Gasteiger partial charge >= 0.3 is 0 Å². The Morgan fingerprint density at radius 1 is 1.29 bits per heavy atom. The van der Waals surface area contributed by atoms with Gasteiger partial charge in [-0.1, -0.05) is 6.07 Å². The Hall–Kier alpha value is -3.89. The fraction of sp³-hybridized carbons (Fsp3) is 0.176. The minimum absolute atomic E-state index is 0.185. The summed E-state index contributed by atoms with van der Waals surface area (Å²) in [6, 6.07) is 3.59. The van der Waals surface area contributed by atoms with E-state index in [1.807, 2.05) is 0 Å². The first-order valence-electron chi connectivity index (χ1n) is 8.35. The molecule has 11 heteroatoms. The van der Waals surface area contributed by atoms with Crippen LogP contribution in [0.2, 0.25) is 0 Å². The Kier molecular flexibility index (Phi) is 4.18. The quantitative estimate of drug-likeness (QED) is 0.487. The number of carbonyl (C=O) groups is 1. The van der Waals surface area contributed by atoms with Gasteiger partial charge < -0.3 is 10.3 Å². The molecule has 1 amide bonds. The lowest BCUT2D eigenvalue weighted by atomic mass is 10.2. The highest BCUT2D eigenvalue weighted by atomic mass is 19.1. The summed E-state index contributed by atoms with van der Waals surface area (Å²) in [5.41, 5.74) is 2.92. The normalized spacial score (nSPS) is 12.2. The maximum Gasteiger partial charge on any atom is 0.283 e. The predicted octanol–water partition coefficient (Wildman–Crippen LogP) is 1.46. The van der Waals surface area contributed by atoms with Crippen molar-refractivity contribution in [1.29, 1.82) is 0 Å². The summed E-state index contributed by atoms with van der Waals surface area (Å²) in [6.45, 7) is 2.98. The molecule has 10 nitrogen and oxygen atoms in total. The molecule has 1 aromatic carbocycles. The predicted molar refractivity (Wildman–Crippen MR) is 99.7 cm³/mol. The average Bonchev–Trinajstić information content (AvgIpc) is 3.13. The van der Waals surface area contributed by atoms with Crippen molar-refractivity contribution in [3.05, 3.63) is 52.8 Å². The molecule has 3 aromatic heterocycles. The van der Waals surface area contributed by atoms with Gasteiger partial charge in [0.15, 0.2) is 17.3 Å². The molecule has 0 saturated carbocycles. The summed E-state index contributed by atoms with van der Waals surface area (Å²) in [4.78, 5) is 44.1. The standard InChI is InChI=1S/C17H15FN8O2/c1-8(23-15-13-14(20-6-19-13)21-7-22-15)16-24-11-5-3-4-10(18)12(11)17(28)26(16)25-9(2)27/h3-8H,1-2H3,(H,25,27)(H2,19,20,21,22,23)/t8-/m0/s1. The Morgan fingerprint density at radius 3 is 2.89 bits per heavy atom. The minimum atomic E-state index is -0.712. The molecule has 4 rings (SSSR count). The molecule has 0 saturated heterocycles. The van der Waals surface area contributed by atoms with Crippen LogP contribution in [-0.2, 0) is 4.79 Å². The molecule has 142 valence electrons. The Bertz CT molecular complexity index is 1270. The van der Waals surface area contributed by atoms with Crippen LogP contribution in [0, 0.1) is 5.82 Å². The van der Waals surface area contributed by atoms with Crippen molar-refractivity contribution in [3.8, 4) is 0 Å². The molecule has 0 radical (unpaired) electrons.